The van der Waals surface area contributed by atoms with Gasteiger partial charge in [-0.3, -0.25) is 0 Å². The molecule has 0 amide bonds. The molecule has 1 atom stereocenters. The summed E-state index contributed by atoms with van der Waals surface area (Å²) in [5.41, 5.74) is 0.688. The van der Waals surface area contributed by atoms with Crippen LogP contribution < -0.4 is 10.1 Å². The van der Waals surface area contributed by atoms with Crippen LogP contribution in [0.4, 0.5) is 0 Å². The molecule has 1 aromatic carbocycles. The number of ether oxygens (including phenoxy) is 1. The van der Waals surface area contributed by atoms with Crippen molar-refractivity contribution in [2.45, 2.75) is 32.9 Å². The molecule has 1 rings (SSSR count). The number of aromatic hydroxyl groups is 1. The Bertz CT molecular complexity index is 410. The zero-order valence-corrected chi connectivity index (χ0v) is 12.4. The van der Waals surface area contributed by atoms with Crippen molar-refractivity contribution in [3.8, 4) is 11.5 Å². The molecule has 0 aliphatic heterocycles. The number of phenols is 1. The molecule has 0 spiro atoms. The lowest BCUT2D eigenvalue weighted by Crippen LogP contribution is -2.34. The largest absolute Gasteiger partial charge is 0.504 e. The fourth-order valence-corrected chi connectivity index (χ4v) is 2.20. The van der Waals surface area contributed by atoms with Gasteiger partial charge < -0.3 is 20.3 Å². The quantitative estimate of drug-likeness (QED) is 0.721. The number of hydrogen-bond donors (Lipinski definition) is 3. The van der Waals surface area contributed by atoms with Crippen molar-refractivity contribution < 1.29 is 14.9 Å². The average molecular weight is 288 g/mol. The summed E-state index contributed by atoms with van der Waals surface area (Å²) in [6.07, 6.45) is 0.677. The highest BCUT2D eigenvalue weighted by Gasteiger charge is 2.15. The van der Waals surface area contributed by atoms with Gasteiger partial charge in [0.2, 0.25) is 0 Å². The first-order valence-electron chi connectivity index (χ1n) is 6.39. The van der Waals surface area contributed by atoms with Gasteiger partial charge in [0, 0.05) is 35.8 Å². The van der Waals surface area contributed by atoms with Crippen molar-refractivity contribution in [2.24, 2.45) is 5.92 Å². The maximum Gasteiger partial charge on any atom is 0.162 e. The van der Waals surface area contributed by atoms with Crippen LogP contribution in [0.5, 0.6) is 11.5 Å². The minimum absolute atomic E-state index is 0.103. The molecule has 19 heavy (non-hydrogen) atoms. The first-order valence-corrected chi connectivity index (χ1v) is 6.77. The molecule has 0 fully saturated rings. The van der Waals surface area contributed by atoms with Crippen molar-refractivity contribution >= 4 is 11.6 Å². The van der Waals surface area contributed by atoms with E-state index in [2.05, 4.69) is 19.2 Å². The van der Waals surface area contributed by atoms with Gasteiger partial charge in [-0.2, -0.15) is 0 Å². The molecule has 0 saturated carbocycles. The van der Waals surface area contributed by atoms with E-state index in [9.17, 15) is 5.11 Å². The molecule has 0 aliphatic rings. The van der Waals surface area contributed by atoms with E-state index in [1.807, 2.05) is 0 Å². The van der Waals surface area contributed by atoms with Crippen LogP contribution in [0.25, 0.3) is 0 Å². The molecule has 5 heteroatoms. The predicted octanol–water partition coefficient (Wildman–Crippen LogP) is 2.55. The van der Waals surface area contributed by atoms with Crippen LogP contribution in [0.2, 0.25) is 5.02 Å². The van der Waals surface area contributed by atoms with E-state index in [0.717, 1.165) is 0 Å². The van der Waals surface area contributed by atoms with Crippen LogP contribution in [0.15, 0.2) is 12.1 Å². The summed E-state index contributed by atoms with van der Waals surface area (Å²) in [7, 11) is 1.49. The number of phenolic OH excluding ortho intramolecular Hbond substituents is 1. The van der Waals surface area contributed by atoms with Crippen molar-refractivity contribution in [1.29, 1.82) is 0 Å². The zero-order chi connectivity index (χ0) is 14.4. The summed E-state index contributed by atoms with van der Waals surface area (Å²) in [5.74, 6) is 0.869. The minimum Gasteiger partial charge on any atom is -0.504 e. The van der Waals surface area contributed by atoms with Crippen LogP contribution in [-0.2, 0) is 6.54 Å². The van der Waals surface area contributed by atoms with Crippen molar-refractivity contribution in [3.05, 3.63) is 22.7 Å². The summed E-state index contributed by atoms with van der Waals surface area (Å²) in [5, 5.41) is 22.9. The normalized spacial score (nSPS) is 12.7. The first kappa shape index (κ1) is 16.1. The van der Waals surface area contributed by atoms with Crippen LogP contribution in [-0.4, -0.2) is 30.0 Å². The van der Waals surface area contributed by atoms with E-state index in [1.165, 1.54) is 7.11 Å². The topological polar surface area (TPSA) is 61.7 Å². The number of methoxy groups -OCH3 is 1. The van der Waals surface area contributed by atoms with Gasteiger partial charge >= 0.3 is 0 Å². The Hall–Kier alpha value is -0.970. The van der Waals surface area contributed by atoms with E-state index >= 15 is 0 Å². The third-order valence-electron chi connectivity index (χ3n) is 3.14. The number of benzene rings is 1. The highest BCUT2D eigenvalue weighted by atomic mass is 35.5. The van der Waals surface area contributed by atoms with E-state index in [4.69, 9.17) is 21.4 Å². The Morgan fingerprint density at radius 1 is 1.37 bits per heavy atom. The lowest BCUT2D eigenvalue weighted by Gasteiger charge is -2.22. The highest BCUT2D eigenvalue weighted by Crippen LogP contribution is 2.33. The SMILES string of the molecule is COc1cc(Cl)cc(CNC(CCO)C(C)C)c1O. The molecule has 1 unspecified atom stereocenters. The van der Waals surface area contributed by atoms with E-state index in [-0.39, 0.29) is 18.4 Å². The van der Waals surface area contributed by atoms with E-state index in [0.29, 0.717) is 35.2 Å². The molecule has 3 N–H and O–H groups in total. The average Bonchev–Trinajstić information content (AvgIpc) is 2.37. The van der Waals surface area contributed by atoms with E-state index in [1.54, 1.807) is 12.1 Å². The number of rotatable bonds is 7. The number of hydrogen-bond acceptors (Lipinski definition) is 4. The summed E-state index contributed by atoms with van der Waals surface area (Å²) in [6.45, 7) is 4.80. The standard InChI is InChI=1S/C14H22ClNO3/c1-9(2)12(4-5-17)16-8-10-6-11(15)7-13(19-3)14(10)18/h6-7,9,12,16-18H,4-5,8H2,1-3H3. The Morgan fingerprint density at radius 3 is 2.58 bits per heavy atom. The number of aliphatic hydroxyl groups excluding tert-OH is 1. The highest BCUT2D eigenvalue weighted by molar-refractivity contribution is 6.30. The Labute approximate surface area is 119 Å². The van der Waals surface area contributed by atoms with Crippen LogP contribution in [0.1, 0.15) is 25.8 Å². The molecule has 1 aromatic rings. The Morgan fingerprint density at radius 2 is 2.05 bits per heavy atom. The molecule has 4 nitrogen and oxygen atoms in total. The first-order chi connectivity index (χ1) is 8.99. The van der Waals surface area contributed by atoms with Gasteiger partial charge in [0.05, 0.1) is 7.11 Å². The number of aliphatic hydroxyl groups is 1. The van der Waals surface area contributed by atoms with Crippen LogP contribution in [0.3, 0.4) is 0 Å². The van der Waals surface area contributed by atoms with Crippen molar-refractivity contribution in [2.75, 3.05) is 13.7 Å². The summed E-state index contributed by atoms with van der Waals surface area (Å²) in [4.78, 5) is 0. The van der Waals surface area contributed by atoms with E-state index < -0.39 is 0 Å². The summed E-state index contributed by atoms with van der Waals surface area (Å²) in [6, 6.07) is 3.48. The van der Waals surface area contributed by atoms with Crippen LogP contribution in [0, 0.1) is 5.92 Å². The second-order valence-corrected chi connectivity index (χ2v) is 5.30. The van der Waals surface area contributed by atoms with Gasteiger partial charge in [0.25, 0.3) is 0 Å². The zero-order valence-electron chi connectivity index (χ0n) is 11.6. The summed E-state index contributed by atoms with van der Waals surface area (Å²) >= 11 is 5.98. The van der Waals surface area contributed by atoms with Crippen LogP contribution >= 0.6 is 11.6 Å². The lowest BCUT2D eigenvalue weighted by molar-refractivity contribution is 0.243. The smallest absolute Gasteiger partial charge is 0.162 e. The third-order valence-corrected chi connectivity index (χ3v) is 3.36. The second kappa shape index (κ2) is 7.58. The van der Waals surface area contributed by atoms with Gasteiger partial charge in [-0.1, -0.05) is 25.4 Å². The molecule has 0 aromatic heterocycles. The molecular formula is C14H22ClNO3. The minimum atomic E-state index is 0.103. The fourth-order valence-electron chi connectivity index (χ4n) is 1.97. The van der Waals surface area contributed by atoms with Gasteiger partial charge in [0.15, 0.2) is 11.5 Å². The molecule has 0 aliphatic carbocycles. The molecule has 0 radical (unpaired) electrons. The maximum atomic E-state index is 10.0. The lowest BCUT2D eigenvalue weighted by atomic mass is 10.0. The van der Waals surface area contributed by atoms with Gasteiger partial charge in [0.1, 0.15) is 0 Å². The molecule has 0 heterocycles. The van der Waals surface area contributed by atoms with Gasteiger partial charge in [-0.25, -0.2) is 0 Å². The second-order valence-electron chi connectivity index (χ2n) is 4.86. The number of nitrogens with one attached hydrogen (secondary N) is 1. The van der Waals surface area contributed by atoms with Gasteiger partial charge in [-0.15, -0.1) is 0 Å². The summed E-state index contributed by atoms with van der Waals surface area (Å²) < 4.78 is 5.07. The predicted molar refractivity (Wildman–Crippen MR) is 76.8 cm³/mol. The Kier molecular flexibility index (Phi) is 6.42. The third kappa shape index (κ3) is 4.56. The fraction of sp³-hybridized carbons (Fsp3) is 0.571. The van der Waals surface area contributed by atoms with Gasteiger partial charge in [-0.05, 0) is 18.4 Å². The maximum absolute atomic E-state index is 10.0. The number of halogens is 1. The van der Waals surface area contributed by atoms with Crippen molar-refractivity contribution in [3.63, 3.8) is 0 Å². The molecule has 108 valence electrons. The van der Waals surface area contributed by atoms with Crippen molar-refractivity contribution in [1.82, 2.24) is 5.32 Å². The molecule has 0 bridgehead atoms. The Balaban J connectivity index is 2.79. The molecular weight excluding hydrogens is 266 g/mol. The monoisotopic (exact) mass is 287 g/mol. The molecule has 0 saturated heterocycles.